The number of phenolic OH excluding ortho intramolecular Hbond substituents is 1. The van der Waals surface area contributed by atoms with Crippen LogP contribution in [-0.4, -0.2) is 55.3 Å². The number of phenols is 1. The van der Waals surface area contributed by atoms with Crippen LogP contribution in [0.25, 0.3) is 22.0 Å². The van der Waals surface area contributed by atoms with Crippen molar-refractivity contribution in [3.63, 3.8) is 0 Å². The summed E-state index contributed by atoms with van der Waals surface area (Å²) in [5.41, 5.74) is 3.05. The van der Waals surface area contributed by atoms with Gasteiger partial charge in [0.2, 0.25) is 0 Å². The summed E-state index contributed by atoms with van der Waals surface area (Å²) in [5, 5.41) is 18.4. The molecule has 224 valence electrons. The normalized spacial score (nSPS) is 16.0. The molecule has 2 N–H and O–H groups in total. The highest BCUT2D eigenvalue weighted by Gasteiger charge is 2.33. The molecule has 2 aromatic heterocycles. The van der Waals surface area contributed by atoms with Crippen LogP contribution in [0.5, 0.6) is 5.75 Å². The van der Waals surface area contributed by atoms with E-state index < -0.39 is 17.2 Å². The number of hydrogen-bond acceptors (Lipinski definition) is 7. The van der Waals surface area contributed by atoms with Crippen molar-refractivity contribution in [2.45, 2.75) is 58.1 Å². The second-order valence-electron chi connectivity index (χ2n) is 12.2. The first-order chi connectivity index (χ1) is 20.5. The molecule has 2 aromatic carbocycles. The number of amides is 1. The predicted molar refractivity (Wildman–Crippen MR) is 162 cm³/mol. The Hall–Kier alpha value is -4.18. The predicted octanol–water partition coefficient (Wildman–Crippen LogP) is 7.50. The monoisotopic (exact) mass is 605 g/mol. The molecule has 1 aliphatic heterocycles. The third-order valence-electron chi connectivity index (χ3n) is 7.79. The summed E-state index contributed by atoms with van der Waals surface area (Å²) in [4.78, 5) is 32.1. The highest BCUT2D eigenvalue weighted by molar-refractivity contribution is 6.32. The summed E-state index contributed by atoms with van der Waals surface area (Å²) in [7, 11) is 0. The number of Topliss-reactive ketones (excluding diaryl/α,β-unsaturated/α-hetero) is 1. The molecule has 1 amide bonds. The molecule has 1 saturated carbocycles. The fraction of sp³-hybridized carbons (Fsp3) is 0.375. The Bertz CT molecular complexity index is 1700. The molecule has 4 aromatic rings. The lowest BCUT2D eigenvalue weighted by Crippen LogP contribution is -2.42. The Balaban J connectivity index is 1.29. The zero-order valence-electron chi connectivity index (χ0n) is 24.2. The average molecular weight is 606 g/mol. The number of ether oxygens (including phenoxy) is 1. The molecule has 0 bridgehead atoms. The number of pyridine rings is 1. The van der Waals surface area contributed by atoms with Gasteiger partial charge in [0, 0.05) is 36.8 Å². The van der Waals surface area contributed by atoms with Gasteiger partial charge in [-0.15, -0.1) is 0 Å². The van der Waals surface area contributed by atoms with Gasteiger partial charge in [-0.3, -0.25) is 14.5 Å². The van der Waals surface area contributed by atoms with Gasteiger partial charge < -0.3 is 20.1 Å². The van der Waals surface area contributed by atoms with Crippen LogP contribution in [0.1, 0.15) is 62.9 Å². The fourth-order valence-electron chi connectivity index (χ4n) is 5.38. The number of nitrogens with one attached hydrogen (secondary N) is 1. The molecule has 1 aliphatic carbocycles. The van der Waals surface area contributed by atoms with E-state index in [1.54, 1.807) is 23.4 Å². The zero-order chi connectivity index (χ0) is 30.5. The van der Waals surface area contributed by atoms with Gasteiger partial charge >= 0.3 is 6.09 Å². The first-order valence-electron chi connectivity index (χ1n) is 14.4. The van der Waals surface area contributed by atoms with Crippen LogP contribution in [-0.2, 0) is 4.74 Å². The Kier molecular flexibility index (Phi) is 7.50. The minimum absolute atomic E-state index is 0.0223. The molecule has 1 saturated heterocycles. The van der Waals surface area contributed by atoms with Crippen LogP contribution in [0, 0.1) is 11.7 Å². The Labute approximate surface area is 253 Å². The van der Waals surface area contributed by atoms with E-state index in [0.29, 0.717) is 52.1 Å². The van der Waals surface area contributed by atoms with E-state index in [1.807, 2.05) is 43.8 Å². The van der Waals surface area contributed by atoms with Crippen LogP contribution in [0.15, 0.2) is 48.9 Å². The highest BCUT2D eigenvalue weighted by atomic mass is 35.5. The summed E-state index contributed by atoms with van der Waals surface area (Å²) < 4.78 is 21.7. The van der Waals surface area contributed by atoms with Crippen LogP contribution < -0.4 is 5.32 Å². The molecule has 6 rings (SSSR count). The van der Waals surface area contributed by atoms with E-state index in [2.05, 4.69) is 15.4 Å². The number of carbonyl (C=O) groups excluding carboxylic acids is 2. The molecule has 2 aliphatic rings. The summed E-state index contributed by atoms with van der Waals surface area (Å²) in [5.74, 6) is -1.41. The molecular weight excluding hydrogens is 573 g/mol. The number of benzene rings is 2. The van der Waals surface area contributed by atoms with Crippen LogP contribution in [0.4, 0.5) is 20.6 Å². The standard InChI is InChI=1S/C32H33ClFN5O4/c1-32(2,3)43-31(42)38-10-8-22(9-11-38)39-17-21(15-36-39)37-28-23-12-19(20-13-25(33)30(41)26(34)14-20)6-7-27(23)35-16-24(28)29(40)18-4-5-18/h6-7,12-18,22,41H,4-5,8-11H2,1-3H3,(H,35,37). The van der Waals surface area contributed by atoms with Gasteiger partial charge in [0.15, 0.2) is 17.3 Å². The molecule has 11 heteroatoms. The number of anilines is 2. The van der Waals surface area contributed by atoms with E-state index in [0.717, 1.165) is 25.7 Å². The number of aromatic hydroxyl groups is 1. The maximum absolute atomic E-state index is 14.3. The van der Waals surface area contributed by atoms with Gasteiger partial charge in [0.25, 0.3) is 0 Å². The topological polar surface area (TPSA) is 110 Å². The first kappa shape index (κ1) is 28.9. The van der Waals surface area contributed by atoms with Crippen molar-refractivity contribution in [3.05, 3.63) is 65.3 Å². The lowest BCUT2D eigenvalue weighted by atomic mass is 9.99. The van der Waals surface area contributed by atoms with Crippen molar-refractivity contribution in [2.75, 3.05) is 18.4 Å². The van der Waals surface area contributed by atoms with E-state index >= 15 is 0 Å². The molecule has 2 fully saturated rings. The van der Waals surface area contributed by atoms with Gasteiger partial charge in [0.1, 0.15) is 5.60 Å². The molecule has 43 heavy (non-hydrogen) atoms. The molecule has 0 unspecified atom stereocenters. The summed E-state index contributed by atoms with van der Waals surface area (Å²) in [6.07, 6.45) is 8.10. The van der Waals surface area contributed by atoms with Gasteiger partial charge in [-0.05, 0) is 81.8 Å². The van der Waals surface area contributed by atoms with Crippen LogP contribution in [0.3, 0.4) is 0 Å². The van der Waals surface area contributed by atoms with Crippen molar-refractivity contribution >= 4 is 45.8 Å². The maximum atomic E-state index is 14.3. The molecule has 0 radical (unpaired) electrons. The zero-order valence-corrected chi connectivity index (χ0v) is 25.0. The van der Waals surface area contributed by atoms with Gasteiger partial charge in [0.05, 0.1) is 39.7 Å². The number of hydrogen-bond donors (Lipinski definition) is 2. The number of ketones is 1. The number of aromatic nitrogens is 3. The Morgan fingerprint density at radius 3 is 2.49 bits per heavy atom. The summed E-state index contributed by atoms with van der Waals surface area (Å²) >= 11 is 6.06. The maximum Gasteiger partial charge on any atom is 0.410 e. The fourth-order valence-corrected chi connectivity index (χ4v) is 5.59. The van der Waals surface area contributed by atoms with Crippen molar-refractivity contribution in [1.82, 2.24) is 19.7 Å². The third-order valence-corrected chi connectivity index (χ3v) is 8.08. The molecule has 3 heterocycles. The first-order valence-corrected chi connectivity index (χ1v) is 14.8. The summed E-state index contributed by atoms with van der Waals surface area (Å²) in [6, 6.07) is 8.27. The quantitative estimate of drug-likeness (QED) is 0.219. The van der Waals surface area contributed by atoms with E-state index in [4.69, 9.17) is 16.3 Å². The number of piperidine rings is 1. The van der Waals surface area contributed by atoms with E-state index in [1.165, 1.54) is 12.1 Å². The minimum Gasteiger partial charge on any atom is -0.504 e. The average Bonchev–Trinajstić information content (AvgIpc) is 3.72. The highest BCUT2D eigenvalue weighted by Crippen LogP contribution is 2.40. The van der Waals surface area contributed by atoms with Gasteiger partial charge in [-0.1, -0.05) is 17.7 Å². The molecule has 9 nitrogen and oxygen atoms in total. The summed E-state index contributed by atoms with van der Waals surface area (Å²) in [6.45, 7) is 6.71. The second kappa shape index (κ2) is 11.1. The second-order valence-corrected chi connectivity index (χ2v) is 12.6. The smallest absolute Gasteiger partial charge is 0.410 e. The Morgan fingerprint density at radius 1 is 1.07 bits per heavy atom. The lowest BCUT2D eigenvalue weighted by Gasteiger charge is -2.33. The number of carbonyl (C=O) groups is 2. The van der Waals surface area contributed by atoms with Crippen LogP contribution in [0.2, 0.25) is 5.02 Å². The van der Waals surface area contributed by atoms with Crippen molar-refractivity contribution in [3.8, 4) is 16.9 Å². The van der Waals surface area contributed by atoms with E-state index in [9.17, 15) is 19.1 Å². The lowest BCUT2D eigenvalue weighted by molar-refractivity contribution is 0.0184. The number of fused-ring (bicyclic) bond motifs is 1. The number of likely N-dealkylation sites (tertiary alicyclic amines) is 1. The SMILES string of the molecule is CC(C)(C)OC(=O)N1CCC(n2cc(Nc3c(C(=O)C4CC4)cnc4ccc(-c5cc(F)c(O)c(Cl)c5)cc34)cn2)CC1. The number of rotatable bonds is 6. The minimum atomic E-state index is -0.818. The van der Waals surface area contributed by atoms with Crippen molar-refractivity contribution in [2.24, 2.45) is 5.92 Å². The van der Waals surface area contributed by atoms with Gasteiger partial charge in [-0.2, -0.15) is 5.10 Å². The number of nitrogens with zero attached hydrogens (tertiary/aromatic N) is 4. The van der Waals surface area contributed by atoms with Crippen molar-refractivity contribution < 1.29 is 23.8 Å². The third kappa shape index (κ3) is 6.15. The van der Waals surface area contributed by atoms with Gasteiger partial charge in [-0.25, -0.2) is 9.18 Å². The van der Waals surface area contributed by atoms with E-state index in [-0.39, 0.29) is 28.9 Å². The molecule has 0 atom stereocenters. The molecule has 0 spiro atoms. The Morgan fingerprint density at radius 2 is 1.81 bits per heavy atom. The largest absolute Gasteiger partial charge is 0.504 e. The van der Waals surface area contributed by atoms with Crippen molar-refractivity contribution in [1.29, 1.82) is 0 Å². The number of halogens is 2. The molecular formula is C32H33ClFN5O4. The van der Waals surface area contributed by atoms with Crippen LogP contribution >= 0.6 is 11.6 Å².